The molecule has 0 radical (unpaired) electrons. The summed E-state index contributed by atoms with van der Waals surface area (Å²) < 4.78 is 0. The molecule has 1 fully saturated rings. The topological polar surface area (TPSA) is 79.3 Å². The van der Waals surface area contributed by atoms with Crippen molar-refractivity contribution in [3.8, 4) is 0 Å². The molecule has 1 aliphatic carbocycles. The third-order valence-electron chi connectivity index (χ3n) is 2.79. The van der Waals surface area contributed by atoms with Crippen LogP contribution in [0.4, 0.5) is 5.69 Å². The quantitative estimate of drug-likeness (QED) is 0.627. The summed E-state index contributed by atoms with van der Waals surface area (Å²) in [6.07, 6.45) is 1.29. The first-order valence-corrected chi connectivity index (χ1v) is 5.49. The molecule has 17 heavy (non-hydrogen) atoms. The van der Waals surface area contributed by atoms with E-state index >= 15 is 0 Å². The molecule has 1 atom stereocenters. The van der Waals surface area contributed by atoms with Crippen molar-refractivity contribution in [2.24, 2.45) is 4.99 Å². The van der Waals surface area contributed by atoms with E-state index in [-0.39, 0.29) is 11.3 Å². The number of para-hydroxylation sites is 1. The molecule has 88 valence electrons. The molecule has 0 amide bonds. The van der Waals surface area contributed by atoms with Gasteiger partial charge in [-0.05, 0) is 25.0 Å². The Bertz CT molecular complexity index is 468. The third kappa shape index (κ3) is 2.75. The zero-order valence-electron chi connectivity index (χ0n) is 9.30. The molecule has 1 saturated carbocycles. The lowest BCUT2D eigenvalue weighted by atomic mass is 9.92. The lowest BCUT2D eigenvalue weighted by Crippen LogP contribution is -2.36. The van der Waals surface area contributed by atoms with Crippen LogP contribution in [0.3, 0.4) is 0 Å². The van der Waals surface area contributed by atoms with E-state index < -0.39 is 6.04 Å². The van der Waals surface area contributed by atoms with Gasteiger partial charge in [-0.2, -0.15) is 0 Å². The fourth-order valence-electron chi connectivity index (χ4n) is 1.89. The summed E-state index contributed by atoms with van der Waals surface area (Å²) in [5, 5.41) is 18.5. The Hall–Kier alpha value is -2.04. The van der Waals surface area contributed by atoms with Gasteiger partial charge in [0.05, 0.1) is 17.8 Å². The van der Waals surface area contributed by atoms with Gasteiger partial charge in [0.2, 0.25) is 0 Å². The third-order valence-corrected chi connectivity index (χ3v) is 2.79. The smallest absolute Gasteiger partial charge is 0.256 e. The van der Waals surface area contributed by atoms with Gasteiger partial charge in [0.15, 0.2) is 0 Å². The molecule has 0 aliphatic heterocycles. The summed E-state index contributed by atoms with van der Waals surface area (Å²) in [5.74, 6) is 0. The number of benzene rings is 1. The summed E-state index contributed by atoms with van der Waals surface area (Å²) in [6.45, 7) is 0. The molecule has 1 aliphatic rings. The van der Waals surface area contributed by atoms with Crippen LogP contribution in [0, 0.1) is 15.5 Å². The van der Waals surface area contributed by atoms with E-state index in [1.165, 1.54) is 0 Å². The van der Waals surface area contributed by atoms with E-state index in [1.54, 1.807) is 0 Å². The number of aliphatic imine (C=N–C) groups is 1. The summed E-state index contributed by atoms with van der Waals surface area (Å²) in [4.78, 5) is 14.9. The Balaban J connectivity index is 2.27. The van der Waals surface area contributed by atoms with Gasteiger partial charge in [-0.15, -0.1) is 0 Å². The summed E-state index contributed by atoms with van der Waals surface area (Å²) in [6, 6.07) is 8.41. The highest BCUT2D eigenvalue weighted by molar-refractivity contribution is 6.01. The van der Waals surface area contributed by atoms with Crippen molar-refractivity contribution in [1.29, 1.82) is 5.41 Å². The van der Waals surface area contributed by atoms with Crippen LogP contribution in [-0.4, -0.2) is 22.4 Å². The van der Waals surface area contributed by atoms with Crippen molar-refractivity contribution in [1.82, 2.24) is 0 Å². The van der Waals surface area contributed by atoms with Gasteiger partial charge in [-0.3, -0.25) is 15.1 Å². The fourth-order valence-corrected chi connectivity index (χ4v) is 1.89. The monoisotopic (exact) mass is 231 g/mol. The second kappa shape index (κ2) is 4.86. The minimum absolute atomic E-state index is 0.193. The van der Waals surface area contributed by atoms with Crippen LogP contribution in [0.1, 0.15) is 19.3 Å². The van der Waals surface area contributed by atoms with Gasteiger partial charge in [-0.1, -0.05) is 18.2 Å². The molecular formula is C12H13N3O2. The predicted molar refractivity (Wildman–Crippen MR) is 65.9 cm³/mol. The van der Waals surface area contributed by atoms with E-state index in [2.05, 4.69) is 4.99 Å². The van der Waals surface area contributed by atoms with Crippen molar-refractivity contribution in [3.05, 3.63) is 40.4 Å². The molecule has 0 spiro atoms. The van der Waals surface area contributed by atoms with Gasteiger partial charge >= 0.3 is 0 Å². The number of rotatable bonds is 2. The highest BCUT2D eigenvalue weighted by Gasteiger charge is 2.32. The Morgan fingerprint density at radius 1 is 1.29 bits per heavy atom. The average Bonchev–Trinajstić information content (AvgIpc) is 2.32. The minimum Gasteiger partial charge on any atom is -0.309 e. The molecule has 1 unspecified atom stereocenters. The van der Waals surface area contributed by atoms with Crippen LogP contribution in [0.15, 0.2) is 35.3 Å². The standard InChI is InChI=1S/C12H13N3O2/c13-9-6-7-11(12(8-9)15(16)17)14-10-4-2-1-3-5-10/h1-5,12-13H,6-8H2. The van der Waals surface area contributed by atoms with Gasteiger partial charge in [0.1, 0.15) is 0 Å². The summed E-state index contributed by atoms with van der Waals surface area (Å²) in [5.41, 5.74) is 1.76. The SMILES string of the molecule is N=C1CCC(=Nc2ccccc2)C([N+](=O)[O-])C1. The van der Waals surface area contributed by atoms with Gasteiger partial charge in [0, 0.05) is 10.6 Å². The Morgan fingerprint density at radius 2 is 2.00 bits per heavy atom. The average molecular weight is 231 g/mol. The van der Waals surface area contributed by atoms with Crippen LogP contribution in [0.25, 0.3) is 0 Å². The van der Waals surface area contributed by atoms with E-state index in [9.17, 15) is 10.1 Å². The zero-order chi connectivity index (χ0) is 12.3. The maximum absolute atomic E-state index is 10.9. The second-order valence-electron chi connectivity index (χ2n) is 4.05. The molecule has 0 heterocycles. The Labute approximate surface area is 98.8 Å². The van der Waals surface area contributed by atoms with Crippen molar-refractivity contribution in [2.45, 2.75) is 25.3 Å². The van der Waals surface area contributed by atoms with Crippen LogP contribution >= 0.6 is 0 Å². The maximum atomic E-state index is 10.9. The van der Waals surface area contributed by atoms with Gasteiger partial charge < -0.3 is 5.41 Å². The summed E-state index contributed by atoms with van der Waals surface area (Å²) in [7, 11) is 0. The highest BCUT2D eigenvalue weighted by Crippen LogP contribution is 2.20. The van der Waals surface area contributed by atoms with Crippen molar-refractivity contribution < 1.29 is 4.92 Å². The number of hydrogen-bond donors (Lipinski definition) is 1. The fraction of sp³-hybridized carbons (Fsp3) is 0.333. The molecule has 1 N–H and O–H groups in total. The largest absolute Gasteiger partial charge is 0.309 e. The molecule has 1 aromatic carbocycles. The van der Waals surface area contributed by atoms with E-state index in [1.807, 2.05) is 30.3 Å². The molecule has 5 heteroatoms. The Morgan fingerprint density at radius 3 is 2.65 bits per heavy atom. The predicted octanol–water partition coefficient (Wildman–Crippen LogP) is 2.61. The zero-order valence-corrected chi connectivity index (χ0v) is 9.30. The van der Waals surface area contributed by atoms with Crippen LogP contribution in [0.5, 0.6) is 0 Å². The lowest BCUT2D eigenvalue weighted by Gasteiger charge is -2.18. The van der Waals surface area contributed by atoms with Crippen molar-refractivity contribution in [2.75, 3.05) is 0 Å². The van der Waals surface area contributed by atoms with Crippen molar-refractivity contribution >= 4 is 17.1 Å². The molecule has 2 rings (SSSR count). The molecule has 0 bridgehead atoms. The maximum Gasteiger partial charge on any atom is 0.256 e. The molecular weight excluding hydrogens is 218 g/mol. The number of hydrogen-bond acceptors (Lipinski definition) is 4. The van der Waals surface area contributed by atoms with E-state index in [0.29, 0.717) is 24.3 Å². The highest BCUT2D eigenvalue weighted by atomic mass is 16.6. The number of nitrogens with zero attached hydrogens (tertiary/aromatic N) is 2. The van der Waals surface area contributed by atoms with E-state index in [4.69, 9.17) is 5.41 Å². The summed E-state index contributed by atoms with van der Waals surface area (Å²) >= 11 is 0. The molecule has 1 aromatic rings. The normalized spacial score (nSPS) is 22.7. The van der Waals surface area contributed by atoms with Crippen LogP contribution < -0.4 is 0 Å². The lowest BCUT2D eigenvalue weighted by molar-refractivity contribution is -0.501. The van der Waals surface area contributed by atoms with E-state index in [0.717, 1.165) is 5.69 Å². The van der Waals surface area contributed by atoms with Gasteiger partial charge in [0.25, 0.3) is 6.04 Å². The van der Waals surface area contributed by atoms with Gasteiger partial charge in [-0.25, -0.2) is 0 Å². The number of nitro groups is 1. The molecule has 5 nitrogen and oxygen atoms in total. The first kappa shape index (κ1) is 11.4. The van der Waals surface area contributed by atoms with Crippen molar-refractivity contribution in [3.63, 3.8) is 0 Å². The molecule has 0 aromatic heterocycles. The van der Waals surface area contributed by atoms with Crippen LogP contribution in [0.2, 0.25) is 0 Å². The minimum atomic E-state index is -0.823. The second-order valence-corrected chi connectivity index (χ2v) is 4.05. The first-order valence-electron chi connectivity index (χ1n) is 5.49. The molecule has 0 saturated heterocycles. The number of nitrogens with one attached hydrogen (secondary N) is 1. The van der Waals surface area contributed by atoms with Crippen LogP contribution in [-0.2, 0) is 0 Å². The first-order chi connectivity index (χ1) is 8.16. The Kier molecular flexibility index (Phi) is 3.27.